The van der Waals surface area contributed by atoms with Crippen LogP contribution in [0, 0.1) is 0 Å². The lowest BCUT2D eigenvalue weighted by molar-refractivity contribution is -0.128. The summed E-state index contributed by atoms with van der Waals surface area (Å²) in [7, 11) is 2.25. The van der Waals surface area contributed by atoms with Crippen LogP contribution < -0.4 is 5.73 Å². The van der Waals surface area contributed by atoms with Crippen molar-refractivity contribution in [3.63, 3.8) is 0 Å². The molecule has 0 spiro atoms. The highest BCUT2D eigenvalue weighted by atomic mass is 32.2. The molecule has 1 aromatic rings. The van der Waals surface area contributed by atoms with E-state index in [1.807, 2.05) is 0 Å². The molecule has 0 saturated heterocycles. The molecule has 16 heavy (non-hydrogen) atoms. The van der Waals surface area contributed by atoms with Gasteiger partial charge < -0.3 is 10.6 Å². The van der Waals surface area contributed by atoms with Crippen LogP contribution in [0.15, 0.2) is 29.2 Å². The van der Waals surface area contributed by atoms with E-state index in [0.29, 0.717) is 22.8 Å². The van der Waals surface area contributed by atoms with Crippen LogP contribution >= 0.6 is 0 Å². The van der Waals surface area contributed by atoms with Crippen LogP contribution in [0.25, 0.3) is 0 Å². The zero-order valence-electron chi connectivity index (χ0n) is 9.47. The van der Waals surface area contributed by atoms with Gasteiger partial charge in [0.1, 0.15) is 0 Å². The molecule has 0 heterocycles. The second-order valence-electron chi connectivity index (χ2n) is 3.66. The maximum atomic E-state index is 11.8. The summed E-state index contributed by atoms with van der Waals surface area (Å²) in [6.07, 6.45) is 0.296. The van der Waals surface area contributed by atoms with E-state index in [0.717, 1.165) is 0 Å². The Bertz CT molecular complexity index is 387. The molecule has 0 aliphatic heterocycles. The van der Waals surface area contributed by atoms with E-state index in [9.17, 15) is 9.00 Å². The van der Waals surface area contributed by atoms with Gasteiger partial charge in [-0.05, 0) is 24.3 Å². The first-order valence-electron chi connectivity index (χ1n) is 4.95. The smallest absolute Gasteiger partial charge is 0.222 e. The molecule has 0 aliphatic rings. The summed E-state index contributed by atoms with van der Waals surface area (Å²) in [4.78, 5) is 13.5. The van der Waals surface area contributed by atoms with Crippen molar-refractivity contribution < 1.29 is 9.00 Å². The van der Waals surface area contributed by atoms with Crippen LogP contribution in [0.4, 0.5) is 5.69 Å². The van der Waals surface area contributed by atoms with Crippen LogP contribution in [0.2, 0.25) is 0 Å². The molecule has 0 fully saturated rings. The maximum absolute atomic E-state index is 11.8. The first kappa shape index (κ1) is 12.7. The molecule has 1 rings (SSSR count). The molecule has 1 atom stereocenters. The Morgan fingerprint density at radius 3 is 2.38 bits per heavy atom. The van der Waals surface area contributed by atoms with Crippen molar-refractivity contribution >= 4 is 22.4 Å². The van der Waals surface area contributed by atoms with Gasteiger partial charge in [0.05, 0.1) is 10.8 Å². The number of nitrogens with two attached hydrogens (primary N) is 1. The van der Waals surface area contributed by atoms with Crippen LogP contribution in [-0.2, 0) is 15.6 Å². The van der Waals surface area contributed by atoms with Gasteiger partial charge in [-0.2, -0.15) is 0 Å². The van der Waals surface area contributed by atoms with Crippen molar-refractivity contribution in [2.75, 3.05) is 25.6 Å². The van der Waals surface area contributed by atoms with E-state index in [-0.39, 0.29) is 5.91 Å². The van der Waals surface area contributed by atoms with Crippen molar-refractivity contribution in [2.45, 2.75) is 11.3 Å². The van der Waals surface area contributed by atoms with Crippen LogP contribution in [0.5, 0.6) is 0 Å². The fraction of sp³-hybridized carbons (Fsp3) is 0.364. The summed E-state index contributed by atoms with van der Waals surface area (Å²) >= 11 is 0. The van der Waals surface area contributed by atoms with Gasteiger partial charge in [0.25, 0.3) is 0 Å². The highest BCUT2D eigenvalue weighted by Crippen LogP contribution is 2.10. The molecule has 0 aromatic heterocycles. The van der Waals surface area contributed by atoms with Gasteiger partial charge >= 0.3 is 0 Å². The predicted molar refractivity (Wildman–Crippen MR) is 65.4 cm³/mol. The number of amides is 1. The lowest BCUT2D eigenvalue weighted by Crippen LogP contribution is -2.23. The molecule has 5 heteroatoms. The normalized spacial score (nSPS) is 12.1. The van der Waals surface area contributed by atoms with Crippen LogP contribution in [-0.4, -0.2) is 34.9 Å². The zero-order valence-corrected chi connectivity index (χ0v) is 10.3. The number of carbonyl (C=O) groups excluding carboxylic acids is 1. The topological polar surface area (TPSA) is 63.4 Å². The fourth-order valence-corrected chi connectivity index (χ4v) is 2.18. The van der Waals surface area contributed by atoms with Crippen molar-refractivity contribution in [3.05, 3.63) is 24.3 Å². The number of rotatable bonds is 4. The Balaban J connectivity index is 2.53. The van der Waals surface area contributed by atoms with Crippen molar-refractivity contribution in [3.8, 4) is 0 Å². The molecule has 0 bridgehead atoms. The summed E-state index contributed by atoms with van der Waals surface area (Å²) in [5.74, 6) is 0.338. The molecule has 0 saturated carbocycles. The molecule has 0 radical (unpaired) electrons. The second kappa shape index (κ2) is 5.65. The highest BCUT2D eigenvalue weighted by molar-refractivity contribution is 7.85. The third-order valence-corrected chi connectivity index (χ3v) is 3.52. The standard InChI is InChI=1S/C11H16N2O2S/c1-13(2)11(14)7-8-16(15)10-5-3-9(12)4-6-10/h3-6H,7-8,12H2,1-2H3. The van der Waals surface area contributed by atoms with Crippen LogP contribution in [0.1, 0.15) is 6.42 Å². The zero-order chi connectivity index (χ0) is 12.1. The van der Waals surface area contributed by atoms with Gasteiger partial charge in [-0.25, -0.2) is 0 Å². The van der Waals surface area contributed by atoms with Gasteiger partial charge in [0, 0.05) is 36.9 Å². The average molecular weight is 240 g/mol. The second-order valence-corrected chi connectivity index (χ2v) is 5.23. The molecule has 88 valence electrons. The third-order valence-electron chi connectivity index (χ3n) is 2.14. The summed E-state index contributed by atoms with van der Waals surface area (Å²) in [6, 6.07) is 6.87. The average Bonchev–Trinajstić information content (AvgIpc) is 2.26. The summed E-state index contributed by atoms with van der Waals surface area (Å²) in [5.41, 5.74) is 6.17. The largest absolute Gasteiger partial charge is 0.399 e. The highest BCUT2D eigenvalue weighted by Gasteiger charge is 2.08. The molecule has 0 aliphatic carbocycles. The van der Waals surface area contributed by atoms with Crippen LogP contribution in [0.3, 0.4) is 0 Å². The minimum atomic E-state index is -1.13. The Morgan fingerprint density at radius 1 is 1.31 bits per heavy atom. The number of hydrogen-bond donors (Lipinski definition) is 1. The van der Waals surface area contributed by atoms with E-state index in [1.54, 1.807) is 38.4 Å². The Morgan fingerprint density at radius 2 is 1.88 bits per heavy atom. The number of nitrogens with zero attached hydrogens (tertiary/aromatic N) is 1. The first-order valence-corrected chi connectivity index (χ1v) is 6.26. The Kier molecular flexibility index (Phi) is 4.49. The third kappa shape index (κ3) is 3.66. The first-order chi connectivity index (χ1) is 7.50. The van der Waals surface area contributed by atoms with E-state index in [2.05, 4.69) is 0 Å². The molecule has 2 N–H and O–H groups in total. The number of anilines is 1. The number of benzene rings is 1. The van der Waals surface area contributed by atoms with Gasteiger partial charge in [-0.3, -0.25) is 9.00 Å². The molecular weight excluding hydrogens is 224 g/mol. The van der Waals surface area contributed by atoms with Gasteiger partial charge in [0.2, 0.25) is 5.91 Å². The Labute approximate surface area is 97.9 Å². The van der Waals surface area contributed by atoms with Crippen molar-refractivity contribution in [1.29, 1.82) is 0 Å². The predicted octanol–water partition coefficient (Wildman–Crippen LogP) is 0.855. The number of nitrogen functional groups attached to an aromatic ring is 1. The molecule has 4 nitrogen and oxygen atoms in total. The van der Waals surface area contributed by atoms with Crippen molar-refractivity contribution in [1.82, 2.24) is 4.90 Å². The molecular formula is C11H16N2O2S. The van der Waals surface area contributed by atoms with E-state index in [4.69, 9.17) is 5.73 Å². The SMILES string of the molecule is CN(C)C(=O)CCS(=O)c1ccc(N)cc1. The van der Waals surface area contributed by atoms with Crippen molar-refractivity contribution in [2.24, 2.45) is 0 Å². The summed E-state index contributed by atoms with van der Waals surface area (Å²) in [5, 5.41) is 0. The molecule has 1 aromatic carbocycles. The lowest BCUT2D eigenvalue weighted by Gasteiger charge is -2.09. The molecule has 1 unspecified atom stereocenters. The van der Waals surface area contributed by atoms with Gasteiger partial charge in [-0.15, -0.1) is 0 Å². The minimum absolute atomic E-state index is 0.0104. The van der Waals surface area contributed by atoms with E-state index >= 15 is 0 Å². The van der Waals surface area contributed by atoms with E-state index < -0.39 is 10.8 Å². The Hall–Kier alpha value is -1.36. The fourth-order valence-electron chi connectivity index (χ4n) is 1.14. The summed E-state index contributed by atoms with van der Waals surface area (Å²) < 4.78 is 11.8. The van der Waals surface area contributed by atoms with E-state index in [1.165, 1.54) is 4.90 Å². The molecule has 1 amide bonds. The quantitative estimate of drug-likeness (QED) is 0.794. The summed E-state index contributed by atoms with van der Waals surface area (Å²) in [6.45, 7) is 0. The number of carbonyl (C=O) groups is 1. The number of hydrogen-bond acceptors (Lipinski definition) is 3. The minimum Gasteiger partial charge on any atom is -0.399 e. The monoisotopic (exact) mass is 240 g/mol. The van der Waals surface area contributed by atoms with Gasteiger partial charge in [0.15, 0.2) is 0 Å². The lowest BCUT2D eigenvalue weighted by atomic mass is 10.3. The maximum Gasteiger partial charge on any atom is 0.222 e. The van der Waals surface area contributed by atoms with Gasteiger partial charge in [-0.1, -0.05) is 0 Å².